The van der Waals surface area contributed by atoms with Crippen molar-refractivity contribution in [2.75, 3.05) is 13.2 Å². The lowest BCUT2D eigenvalue weighted by Gasteiger charge is -2.18. The third-order valence-corrected chi connectivity index (χ3v) is 4.47. The molecule has 0 unspecified atom stereocenters. The summed E-state index contributed by atoms with van der Waals surface area (Å²) in [5, 5.41) is 14.4. The molecule has 0 aliphatic carbocycles. The minimum atomic E-state index is -1.19. The summed E-state index contributed by atoms with van der Waals surface area (Å²) < 4.78 is 9.96. The molecule has 0 fully saturated rings. The van der Waals surface area contributed by atoms with Gasteiger partial charge in [0.1, 0.15) is 12.6 Å². The van der Waals surface area contributed by atoms with E-state index in [9.17, 15) is 24.3 Å². The summed E-state index contributed by atoms with van der Waals surface area (Å²) in [6.45, 7) is 4.07. The van der Waals surface area contributed by atoms with Gasteiger partial charge in [-0.05, 0) is 31.7 Å². The lowest BCUT2D eigenvalue weighted by molar-refractivity contribution is -0.149. The Balaban J connectivity index is 2.17. The third kappa shape index (κ3) is 11.6. The van der Waals surface area contributed by atoms with Crippen LogP contribution in [0.15, 0.2) is 30.3 Å². The molecule has 3 N–H and O–H groups in total. The molecule has 1 rings (SSSR count). The molecule has 31 heavy (non-hydrogen) atoms. The van der Waals surface area contributed by atoms with Crippen molar-refractivity contribution in [2.45, 2.75) is 58.6 Å². The summed E-state index contributed by atoms with van der Waals surface area (Å²) in [5.41, 5.74) is 0.903. The van der Waals surface area contributed by atoms with Crippen LogP contribution in [-0.2, 0) is 30.5 Å². The van der Waals surface area contributed by atoms with E-state index in [0.29, 0.717) is 25.8 Å². The second kappa shape index (κ2) is 14.8. The Labute approximate surface area is 182 Å². The third-order valence-electron chi connectivity index (χ3n) is 4.47. The molecule has 0 bridgehead atoms. The molecule has 2 amide bonds. The second-order valence-electron chi connectivity index (χ2n) is 7.15. The first-order valence-corrected chi connectivity index (χ1v) is 10.5. The van der Waals surface area contributed by atoms with E-state index in [0.717, 1.165) is 5.56 Å². The maximum atomic E-state index is 12.0. The molecule has 1 aromatic carbocycles. The number of esters is 1. The van der Waals surface area contributed by atoms with Gasteiger partial charge in [0, 0.05) is 13.0 Å². The number of unbranched alkanes of at least 4 members (excludes halogenated alkanes) is 2. The van der Waals surface area contributed by atoms with Gasteiger partial charge in [-0.15, -0.1) is 0 Å². The van der Waals surface area contributed by atoms with Crippen molar-refractivity contribution in [3.05, 3.63) is 35.9 Å². The Hall–Kier alpha value is -3.10. The number of hydrogen-bond donors (Lipinski definition) is 3. The maximum Gasteiger partial charge on any atom is 0.407 e. The van der Waals surface area contributed by atoms with Crippen LogP contribution in [0.2, 0.25) is 0 Å². The fourth-order valence-electron chi connectivity index (χ4n) is 2.77. The highest BCUT2D eigenvalue weighted by Gasteiger charge is 2.26. The number of carbonyl (C=O) groups is 4. The smallest absolute Gasteiger partial charge is 0.407 e. The lowest BCUT2D eigenvalue weighted by atomic mass is 10.0. The first kappa shape index (κ1) is 25.9. The number of carboxylic acid groups (broad SMARTS) is 1. The van der Waals surface area contributed by atoms with Crippen molar-refractivity contribution in [1.29, 1.82) is 0 Å². The number of nitrogens with one attached hydrogen (secondary N) is 2. The van der Waals surface area contributed by atoms with Crippen LogP contribution in [0.25, 0.3) is 0 Å². The van der Waals surface area contributed by atoms with Crippen molar-refractivity contribution < 1.29 is 33.8 Å². The van der Waals surface area contributed by atoms with Crippen LogP contribution in [0.5, 0.6) is 0 Å². The average molecular weight is 437 g/mol. The van der Waals surface area contributed by atoms with E-state index in [4.69, 9.17) is 9.47 Å². The van der Waals surface area contributed by atoms with Gasteiger partial charge in [-0.25, -0.2) is 9.59 Å². The van der Waals surface area contributed by atoms with Crippen molar-refractivity contribution in [2.24, 2.45) is 5.92 Å². The molecule has 0 saturated heterocycles. The van der Waals surface area contributed by atoms with Gasteiger partial charge in [-0.3, -0.25) is 9.59 Å². The van der Waals surface area contributed by atoms with Gasteiger partial charge in [0.05, 0.1) is 12.5 Å². The Bertz CT molecular complexity index is 709. The predicted molar refractivity (Wildman–Crippen MR) is 113 cm³/mol. The number of rotatable bonds is 14. The summed E-state index contributed by atoms with van der Waals surface area (Å²) in [6, 6.07) is 8.21. The molecular weight excluding hydrogens is 404 g/mol. The van der Waals surface area contributed by atoms with E-state index in [-0.39, 0.29) is 26.1 Å². The number of aliphatic carboxylic acids is 1. The quantitative estimate of drug-likeness (QED) is 0.302. The molecule has 0 heterocycles. The highest BCUT2D eigenvalue weighted by Crippen LogP contribution is 2.10. The van der Waals surface area contributed by atoms with Gasteiger partial charge in [0.25, 0.3) is 0 Å². The number of ether oxygens (including phenoxy) is 2. The Morgan fingerprint density at radius 1 is 1.03 bits per heavy atom. The Kier molecular flexibility index (Phi) is 12.4. The molecule has 1 aromatic rings. The van der Waals surface area contributed by atoms with Crippen LogP contribution >= 0.6 is 0 Å². The van der Waals surface area contributed by atoms with Crippen molar-refractivity contribution >= 4 is 23.9 Å². The predicted octanol–water partition coefficient (Wildman–Crippen LogP) is 2.63. The first-order chi connectivity index (χ1) is 14.8. The van der Waals surface area contributed by atoms with E-state index >= 15 is 0 Å². The molecule has 2 atom stereocenters. The molecule has 0 spiro atoms. The van der Waals surface area contributed by atoms with Crippen molar-refractivity contribution in [1.82, 2.24) is 10.6 Å². The number of carboxylic acids is 1. The molecule has 0 radical (unpaired) electrons. The van der Waals surface area contributed by atoms with E-state index in [1.165, 1.54) is 0 Å². The highest BCUT2D eigenvalue weighted by atomic mass is 16.5. The van der Waals surface area contributed by atoms with Crippen LogP contribution in [0.4, 0.5) is 4.79 Å². The van der Waals surface area contributed by atoms with Gasteiger partial charge in [0.15, 0.2) is 0 Å². The summed E-state index contributed by atoms with van der Waals surface area (Å²) in [4.78, 5) is 46.7. The SMILES string of the molecule is CCOC(=O)[C@@H](C)C[C@@H](NC(=O)CCCCCNC(=O)OCc1ccccc1)C(=O)O. The zero-order valence-electron chi connectivity index (χ0n) is 18.1. The van der Waals surface area contributed by atoms with Gasteiger partial charge < -0.3 is 25.2 Å². The highest BCUT2D eigenvalue weighted by molar-refractivity contribution is 5.84. The minimum Gasteiger partial charge on any atom is -0.480 e. The normalized spacial score (nSPS) is 12.3. The first-order valence-electron chi connectivity index (χ1n) is 10.5. The number of amides is 2. The monoisotopic (exact) mass is 436 g/mol. The lowest BCUT2D eigenvalue weighted by Crippen LogP contribution is -2.42. The van der Waals surface area contributed by atoms with Crippen LogP contribution in [0.1, 0.15) is 51.5 Å². The van der Waals surface area contributed by atoms with E-state index in [1.54, 1.807) is 13.8 Å². The fraction of sp³-hybridized carbons (Fsp3) is 0.545. The molecule has 9 nitrogen and oxygen atoms in total. The topological polar surface area (TPSA) is 131 Å². The average Bonchev–Trinajstić information content (AvgIpc) is 2.74. The molecule has 0 aliphatic heterocycles. The van der Waals surface area contributed by atoms with Crippen molar-refractivity contribution in [3.8, 4) is 0 Å². The largest absolute Gasteiger partial charge is 0.480 e. The molecule has 0 aliphatic rings. The van der Waals surface area contributed by atoms with E-state index in [1.807, 2.05) is 30.3 Å². The van der Waals surface area contributed by atoms with Crippen LogP contribution < -0.4 is 10.6 Å². The van der Waals surface area contributed by atoms with Crippen LogP contribution in [-0.4, -0.2) is 48.2 Å². The summed E-state index contributed by atoms with van der Waals surface area (Å²) in [6.07, 6.45) is 1.53. The Morgan fingerprint density at radius 3 is 2.39 bits per heavy atom. The summed E-state index contributed by atoms with van der Waals surface area (Å²) >= 11 is 0. The molecule has 0 aromatic heterocycles. The summed E-state index contributed by atoms with van der Waals surface area (Å²) in [7, 11) is 0. The fourth-order valence-corrected chi connectivity index (χ4v) is 2.77. The van der Waals surface area contributed by atoms with Gasteiger partial charge >= 0.3 is 18.0 Å². The Morgan fingerprint density at radius 2 is 1.74 bits per heavy atom. The van der Waals surface area contributed by atoms with Crippen LogP contribution in [0, 0.1) is 5.92 Å². The van der Waals surface area contributed by atoms with Gasteiger partial charge in [-0.2, -0.15) is 0 Å². The molecule has 172 valence electrons. The minimum absolute atomic E-state index is 0.0328. The number of alkyl carbamates (subject to hydrolysis) is 1. The number of carbonyl (C=O) groups excluding carboxylic acids is 3. The zero-order chi connectivity index (χ0) is 23.1. The van der Waals surface area contributed by atoms with Crippen molar-refractivity contribution in [3.63, 3.8) is 0 Å². The standard InChI is InChI=1S/C22H32N2O7/c1-3-30-21(28)16(2)14-18(20(26)27)24-19(25)12-8-5-9-13-23-22(29)31-15-17-10-6-4-7-11-17/h4,6-7,10-11,16,18H,3,5,8-9,12-15H2,1-2H3,(H,23,29)(H,24,25)(H,26,27)/t16-,18+/m0/s1. The maximum absolute atomic E-state index is 12.0. The van der Waals surface area contributed by atoms with E-state index in [2.05, 4.69) is 10.6 Å². The zero-order valence-corrected chi connectivity index (χ0v) is 18.1. The molecular formula is C22H32N2O7. The molecule has 9 heteroatoms. The second-order valence-corrected chi connectivity index (χ2v) is 7.15. The summed E-state index contributed by atoms with van der Waals surface area (Å²) in [5.74, 6) is -2.70. The van der Waals surface area contributed by atoms with Gasteiger partial charge in [-0.1, -0.05) is 43.7 Å². The van der Waals surface area contributed by atoms with Gasteiger partial charge in [0.2, 0.25) is 5.91 Å². The van der Waals surface area contributed by atoms with Crippen LogP contribution in [0.3, 0.4) is 0 Å². The number of hydrogen-bond acceptors (Lipinski definition) is 6. The molecule has 0 saturated carbocycles. The number of benzene rings is 1. The van der Waals surface area contributed by atoms with E-state index < -0.39 is 35.9 Å².